The largest absolute Gasteiger partial charge is 0.479 e. The van der Waals surface area contributed by atoms with E-state index < -0.39 is 27.3 Å². The monoisotopic (exact) mass is 460 g/mol. The van der Waals surface area contributed by atoms with Crippen LogP contribution in [0.4, 0.5) is 5.69 Å². The van der Waals surface area contributed by atoms with Gasteiger partial charge in [0.15, 0.2) is 11.5 Å². The minimum atomic E-state index is -4.35. The van der Waals surface area contributed by atoms with Gasteiger partial charge in [-0.05, 0) is 6.92 Å². The van der Waals surface area contributed by atoms with Crippen molar-refractivity contribution in [3.63, 3.8) is 0 Å². The molecule has 0 fully saturated rings. The number of rotatable bonds is 9. The first-order valence-electron chi connectivity index (χ1n) is 8.25. The molecule has 0 unspecified atom stereocenters. The maximum atomic E-state index is 13.3. The second kappa shape index (κ2) is 9.69. The quantitative estimate of drug-likeness (QED) is 0.270. The van der Waals surface area contributed by atoms with Crippen LogP contribution in [-0.2, 0) is 14.8 Å². The molecule has 15 heteroatoms. The summed E-state index contributed by atoms with van der Waals surface area (Å²) in [7, 11) is -0.406. The zero-order valence-electron chi connectivity index (χ0n) is 16.5. The number of hydrogen-bond donors (Lipinski definition) is 3. The minimum absolute atomic E-state index is 0.0275. The maximum absolute atomic E-state index is 13.3. The Morgan fingerprint density at radius 1 is 1.17 bits per heavy atom. The fourth-order valence-electron chi connectivity index (χ4n) is 2.42. The van der Waals surface area contributed by atoms with Crippen LogP contribution in [0.15, 0.2) is 18.7 Å². The van der Waals surface area contributed by atoms with Crippen molar-refractivity contribution in [3.05, 3.63) is 29.6 Å². The molecule has 0 aliphatic rings. The molecule has 0 amide bonds. The Hall–Kier alpha value is -2.97. The molecule has 2 atom stereocenters. The van der Waals surface area contributed by atoms with E-state index in [9.17, 15) is 8.42 Å². The molecule has 2 aromatic rings. The van der Waals surface area contributed by atoms with Crippen LogP contribution in [0, 0.1) is 5.41 Å². The van der Waals surface area contributed by atoms with Crippen LogP contribution < -0.4 is 20.6 Å². The fourth-order valence-corrected chi connectivity index (χ4v) is 3.89. The fraction of sp³-hybridized carbons (Fsp3) is 0.400. The second-order valence-electron chi connectivity index (χ2n) is 5.69. The molecule has 4 N–H and O–H groups in total. The Labute approximate surface area is 178 Å². The molecule has 2 aromatic heterocycles. The standard InChI is InChI=1S/C15H21ClN8O5S/c1-8(11(27-2)12-19-5-9(16)6-20-12)30(25,26)24(15(17)18)23-10-13(28-3)21-7-22-14(10)29-4/h5-8,11,23H,1-4H3,(H3,17,18)/t8-,11-/m0/s1. The number of nitrogens with one attached hydrogen (secondary N) is 2. The van der Waals surface area contributed by atoms with Gasteiger partial charge in [-0.15, -0.1) is 4.41 Å². The lowest BCUT2D eigenvalue weighted by atomic mass is 10.2. The number of halogens is 1. The van der Waals surface area contributed by atoms with E-state index in [0.29, 0.717) is 4.41 Å². The average Bonchev–Trinajstić information content (AvgIpc) is 2.72. The third-order valence-electron chi connectivity index (χ3n) is 3.90. The molecule has 0 aliphatic carbocycles. The molecule has 0 aliphatic heterocycles. The van der Waals surface area contributed by atoms with Gasteiger partial charge in [0.2, 0.25) is 17.7 Å². The Balaban J connectivity index is 2.45. The summed E-state index contributed by atoms with van der Waals surface area (Å²) in [6, 6.07) is 0. The van der Waals surface area contributed by atoms with Crippen LogP contribution in [0.3, 0.4) is 0 Å². The SMILES string of the molecule is COc1ncnc(OC)c1NN(C(=N)N)S(=O)(=O)[C@@H](C)[C@H](OC)c1ncc(Cl)cn1. The van der Waals surface area contributed by atoms with Gasteiger partial charge >= 0.3 is 0 Å². The van der Waals surface area contributed by atoms with Crippen LogP contribution in [0.1, 0.15) is 18.9 Å². The molecule has 30 heavy (non-hydrogen) atoms. The molecule has 2 rings (SSSR count). The number of nitrogens with two attached hydrogens (primary N) is 1. The first kappa shape index (κ1) is 23.3. The molecule has 0 radical (unpaired) electrons. The molecular weight excluding hydrogens is 440 g/mol. The zero-order valence-corrected chi connectivity index (χ0v) is 18.1. The normalized spacial score (nSPS) is 13.2. The lowest BCUT2D eigenvalue weighted by molar-refractivity contribution is 0.0940. The first-order chi connectivity index (χ1) is 14.2. The Bertz CT molecular complexity index is 969. The summed E-state index contributed by atoms with van der Waals surface area (Å²) in [6.07, 6.45) is 2.70. The topological polar surface area (TPSA) is 179 Å². The van der Waals surface area contributed by atoms with Crippen LogP contribution in [0.2, 0.25) is 5.02 Å². The van der Waals surface area contributed by atoms with E-state index in [0.717, 1.165) is 6.33 Å². The number of hydrogen-bond acceptors (Lipinski definition) is 11. The molecule has 0 saturated heterocycles. The van der Waals surface area contributed by atoms with Gasteiger partial charge in [-0.1, -0.05) is 11.6 Å². The van der Waals surface area contributed by atoms with Gasteiger partial charge in [0.05, 0.1) is 19.2 Å². The van der Waals surface area contributed by atoms with Gasteiger partial charge in [0, 0.05) is 19.5 Å². The Kier molecular flexibility index (Phi) is 7.53. The van der Waals surface area contributed by atoms with Crippen LogP contribution in [0.5, 0.6) is 11.8 Å². The summed E-state index contributed by atoms with van der Waals surface area (Å²) in [5, 5.41) is 6.79. The minimum Gasteiger partial charge on any atom is -0.479 e. The van der Waals surface area contributed by atoms with Gasteiger partial charge in [0.25, 0.3) is 10.0 Å². The summed E-state index contributed by atoms with van der Waals surface area (Å²) in [5.74, 6) is -0.804. The lowest BCUT2D eigenvalue weighted by Gasteiger charge is -2.30. The van der Waals surface area contributed by atoms with Crippen molar-refractivity contribution in [3.8, 4) is 11.8 Å². The van der Waals surface area contributed by atoms with Crippen molar-refractivity contribution in [1.29, 1.82) is 5.41 Å². The predicted octanol–water partition coefficient (Wildman–Crippen LogP) is 0.566. The number of anilines is 1. The van der Waals surface area contributed by atoms with E-state index >= 15 is 0 Å². The van der Waals surface area contributed by atoms with Crippen LogP contribution in [0.25, 0.3) is 0 Å². The van der Waals surface area contributed by atoms with Crippen LogP contribution >= 0.6 is 11.6 Å². The van der Waals surface area contributed by atoms with E-state index in [2.05, 4.69) is 25.4 Å². The molecule has 2 heterocycles. The summed E-state index contributed by atoms with van der Waals surface area (Å²) in [4.78, 5) is 15.8. The smallest absolute Gasteiger partial charge is 0.260 e. The number of aromatic nitrogens is 4. The van der Waals surface area contributed by atoms with E-state index in [1.54, 1.807) is 0 Å². The van der Waals surface area contributed by atoms with Gasteiger partial charge in [-0.3, -0.25) is 10.8 Å². The summed E-state index contributed by atoms with van der Waals surface area (Å²) >= 11 is 5.79. The highest BCUT2D eigenvalue weighted by Gasteiger charge is 2.39. The maximum Gasteiger partial charge on any atom is 0.260 e. The number of sulfonamides is 1. The van der Waals surface area contributed by atoms with Gasteiger partial charge in [-0.2, -0.15) is 9.97 Å². The number of methoxy groups -OCH3 is 3. The van der Waals surface area contributed by atoms with E-state index in [-0.39, 0.29) is 28.3 Å². The van der Waals surface area contributed by atoms with Crippen molar-refractivity contribution in [2.24, 2.45) is 5.73 Å². The van der Waals surface area contributed by atoms with Crippen molar-refractivity contribution in [2.75, 3.05) is 26.8 Å². The number of ether oxygens (including phenoxy) is 3. The first-order valence-corrected chi connectivity index (χ1v) is 10.1. The van der Waals surface area contributed by atoms with Crippen molar-refractivity contribution in [1.82, 2.24) is 24.4 Å². The van der Waals surface area contributed by atoms with Crippen molar-refractivity contribution in [2.45, 2.75) is 18.3 Å². The highest BCUT2D eigenvalue weighted by Crippen LogP contribution is 2.32. The van der Waals surface area contributed by atoms with Gasteiger partial charge < -0.3 is 19.9 Å². The molecule has 0 saturated carbocycles. The third kappa shape index (κ3) is 4.77. The van der Waals surface area contributed by atoms with Gasteiger partial charge in [-0.25, -0.2) is 18.4 Å². The highest BCUT2D eigenvalue weighted by atomic mass is 35.5. The summed E-state index contributed by atoms with van der Waals surface area (Å²) in [6.45, 7) is 1.36. The second-order valence-corrected chi connectivity index (χ2v) is 8.27. The van der Waals surface area contributed by atoms with Crippen molar-refractivity contribution < 1.29 is 22.6 Å². The number of guanidine groups is 1. The lowest BCUT2D eigenvalue weighted by Crippen LogP contribution is -2.50. The average molecular weight is 461 g/mol. The summed E-state index contributed by atoms with van der Waals surface area (Å²) in [5.41, 5.74) is 7.98. The number of hydrazine groups is 1. The van der Waals surface area contributed by atoms with Gasteiger partial charge in [0.1, 0.15) is 17.7 Å². The molecule has 13 nitrogen and oxygen atoms in total. The van der Waals surface area contributed by atoms with E-state index in [1.807, 2.05) is 0 Å². The third-order valence-corrected chi connectivity index (χ3v) is 6.07. The highest BCUT2D eigenvalue weighted by molar-refractivity contribution is 7.90. The molecular formula is C15H21ClN8O5S. The Morgan fingerprint density at radius 3 is 2.13 bits per heavy atom. The molecule has 0 spiro atoms. The van der Waals surface area contributed by atoms with Crippen molar-refractivity contribution >= 4 is 33.3 Å². The molecule has 0 aromatic carbocycles. The number of nitrogens with zero attached hydrogens (tertiary/aromatic N) is 5. The van der Waals surface area contributed by atoms with E-state index in [4.69, 9.17) is 37.0 Å². The molecule has 164 valence electrons. The summed E-state index contributed by atoms with van der Waals surface area (Å²) < 4.78 is 42.5. The molecule has 0 bridgehead atoms. The van der Waals surface area contributed by atoms with Crippen LogP contribution in [-0.4, -0.2) is 65.3 Å². The zero-order chi connectivity index (χ0) is 22.5. The Morgan fingerprint density at radius 2 is 1.70 bits per heavy atom. The predicted molar refractivity (Wildman–Crippen MR) is 108 cm³/mol. The van der Waals surface area contributed by atoms with E-state index in [1.165, 1.54) is 40.6 Å².